The highest BCUT2D eigenvalue weighted by Gasteiger charge is 2.18. The van der Waals surface area contributed by atoms with Gasteiger partial charge in [0.2, 0.25) is 0 Å². The van der Waals surface area contributed by atoms with Crippen molar-refractivity contribution in [3.8, 4) is 0 Å². The van der Waals surface area contributed by atoms with Gasteiger partial charge in [-0.3, -0.25) is 0 Å². The molecule has 1 aliphatic rings. The van der Waals surface area contributed by atoms with Crippen LogP contribution in [0.15, 0.2) is 49.0 Å². The average Bonchev–Trinajstić information content (AvgIpc) is 2.66. The predicted molar refractivity (Wildman–Crippen MR) is 90.7 cm³/mol. The molecule has 0 fully saturated rings. The third-order valence-electron chi connectivity index (χ3n) is 4.42. The van der Waals surface area contributed by atoms with Crippen LogP contribution in [0.1, 0.15) is 34.2 Å². The number of aryl methyl sites for hydroxylation is 3. The van der Waals surface area contributed by atoms with Crippen molar-refractivity contribution < 1.29 is 0 Å². The highest BCUT2D eigenvalue weighted by Crippen LogP contribution is 2.34. The summed E-state index contributed by atoms with van der Waals surface area (Å²) in [5, 5.41) is 3.23. The van der Waals surface area contributed by atoms with E-state index in [1.807, 2.05) is 7.05 Å². The van der Waals surface area contributed by atoms with Crippen LogP contribution < -0.4 is 5.32 Å². The average molecular weight is 277 g/mol. The zero-order valence-electron chi connectivity index (χ0n) is 12.8. The summed E-state index contributed by atoms with van der Waals surface area (Å²) in [5.74, 6) is 0. The van der Waals surface area contributed by atoms with Crippen LogP contribution in [0, 0.1) is 0 Å². The fraction of sp³-hybridized carbons (Fsp3) is 0.300. The minimum atomic E-state index is 1.06. The summed E-state index contributed by atoms with van der Waals surface area (Å²) in [6, 6.07) is 15.5. The molecule has 0 radical (unpaired) electrons. The van der Waals surface area contributed by atoms with Crippen molar-refractivity contribution in [1.82, 2.24) is 5.32 Å². The van der Waals surface area contributed by atoms with Crippen LogP contribution in [0.2, 0.25) is 0 Å². The fourth-order valence-electron chi connectivity index (χ4n) is 3.35. The maximum absolute atomic E-state index is 4.43. The van der Waals surface area contributed by atoms with E-state index in [0.717, 1.165) is 25.8 Å². The van der Waals surface area contributed by atoms with Gasteiger partial charge in [-0.2, -0.15) is 0 Å². The van der Waals surface area contributed by atoms with Gasteiger partial charge in [-0.05, 0) is 72.7 Å². The minimum absolute atomic E-state index is 1.06. The van der Waals surface area contributed by atoms with Crippen LogP contribution in [0.5, 0.6) is 0 Å². The van der Waals surface area contributed by atoms with E-state index in [0.29, 0.717) is 0 Å². The molecule has 0 heterocycles. The molecule has 0 amide bonds. The van der Waals surface area contributed by atoms with Gasteiger partial charge in [0, 0.05) is 0 Å². The molecule has 0 saturated carbocycles. The zero-order chi connectivity index (χ0) is 14.7. The van der Waals surface area contributed by atoms with Crippen molar-refractivity contribution in [2.45, 2.75) is 25.7 Å². The lowest BCUT2D eigenvalue weighted by atomic mass is 9.90. The van der Waals surface area contributed by atoms with Gasteiger partial charge in [-0.15, -0.1) is 0 Å². The highest BCUT2D eigenvalue weighted by molar-refractivity contribution is 5.84. The quantitative estimate of drug-likeness (QED) is 0.833. The van der Waals surface area contributed by atoms with Crippen LogP contribution >= 0.6 is 0 Å². The number of hydrogen-bond donors (Lipinski definition) is 1. The van der Waals surface area contributed by atoms with Gasteiger partial charge in [0.25, 0.3) is 0 Å². The zero-order valence-corrected chi connectivity index (χ0v) is 12.8. The topological polar surface area (TPSA) is 12.0 Å². The number of rotatable bonds is 4. The summed E-state index contributed by atoms with van der Waals surface area (Å²) in [6.07, 6.45) is 4.51. The second kappa shape index (κ2) is 6.28. The summed E-state index contributed by atoms with van der Waals surface area (Å²) in [6.45, 7) is 5.49. The van der Waals surface area contributed by atoms with Crippen molar-refractivity contribution in [3.05, 3.63) is 76.9 Å². The Hall–Kier alpha value is -1.86. The van der Waals surface area contributed by atoms with Gasteiger partial charge < -0.3 is 5.32 Å². The second-order valence-electron chi connectivity index (χ2n) is 5.79. The van der Waals surface area contributed by atoms with E-state index in [-0.39, 0.29) is 0 Å². The summed E-state index contributed by atoms with van der Waals surface area (Å²) in [4.78, 5) is 0. The maximum Gasteiger partial charge on any atom is -0.00487 e. The monoisotopic (exact) mass is 277 g/mol. The third-order valence-corrected chi connectivity index (χ3v) is 4.42. The molecule has 0 aromatic heterocycles. The van der Waals surface area contributed by atoms with Crippen LogP contribution in [0.25, 0.3) is 5.57 Å². The molecule has 0 bridgehead atoms. The first-order chi connectivity index (χ1) is 10.3. The Labute approximate surface area is 127 Å². The summed E-state index contributed by atoms with van der Waals surface area (Å²) in [7, 11) is 2.01. The molecule has 1 aliphatic carbocycles. The number of hydrogen-bond acceptors (Lipinski definition) is 1. The molecular formula is C20H23N. The van der Waals surface area contributed by atoms with E-state index in [1.165, 1.54) is 39.8 Å². The van der Waals surface area contributed by atoms with Crippen molar-refractivity contribution >= 4 is 5.57 Å². The summed E-state index contributed by atoms with van der Waals surface area (Å²) >= 11 is 0. The molecule has 21 heavy (non-hydrogen) atoms. The standard InChI is InChI=1S/C20H23N/c1-15-19-11-4-3-7-16(19)12-13-18-9-5-8-17(20(15)18)10-6-14-21-2/h3-5,7-9,11,21H,1,6,10,12-14H2,2H3. The lowest BCUT2D eigenvalue weighted by Crippen LogP contribution is -2.09. The van der Waals surface area contributed by atoms with Gasteiger partial charge in [-0.1, -0.05) is 49.0 Å². The molecule has 108 valence electrons. The van der Waals surface area contributed by atoms with Crippen LogP contribution in [-0.4, -0.2) is 13.6 Å². The van der Waals surface area contributed by atoms with Gasteiger partial charge in [0.1, 0.15) is 0 Å². The number of nitrogens with one attached hydrogen (secondary N) is 1. The smallest absolute Gasteiger partial charge is 0.00487 e. The Balaban J connectivity index is 2.02. The summed E-state index contributed by atoms with van der Waals surface area (Å²) < 4.78 is 0. The predicted octanol–water partition coefficient (Wildman–Crippen LogP) is 4.00. The first-order valence-electron chi connectivity index (χ1n) is 7.84. The van der Waals surface area contributed by atoms with Crippen molar-refractivity contribution in [1.29, 1.82) is 0 Å². The molecule has 0 saturated heterocycles. The molecule has 2 aromatic carbocycles. The molecule has 0 unspecified atom stereocenters. The van der Waals surface area contributed by atoms with E-state index in [1.54, 1.807) is 0 Å². The van der Waals surface area contributed by atoms with Crippen LogP contribution in [-0.2, 0) is 19.3 Å². The number of fused-ring (bicyclic) bond motifs is 2. The largest absolute Gasteiger partial charge is 0.320 e. The highest BCUT2D eigenvalue weighted by atomic mass is 14.8. The van der Waals surface area contributed by atoms with E-state index in [4.69, 9.17) is 0 Å². The first-order valence-corrected chi connectivity index (χ1v) is 7.84. The Morgan fingerprint density at radius 3 is 2.62 bits per heavy atom. The molecule has 0 aliphatic heterocycles. The first kappa shape index (κ1) is 14.1. The second-order valence-corrected chi connectivity index (χ2v) is 5.79. The lowest BCUT2D eigenvalue weighted by Gasteiger charge is -2.15. The van der Waals surface area contributed by atoms with Crippen molar-refractivity contribution in [3.63, 3.8) is 0 Å². The third kappa shape index (κ3) is 2.79. The Bertz CT molecular complexity index is 655. The van der Waals surface area contributed by atoms with Crippen LogP contribution in [0.4, 0.5) is 0 Å². The molecule has 1 N–H and O–H groups in total. The van der Waals surface area contributed by atoms with Crippen molar-refractivity contribution in [2.24, 2.45) is 0 Å². The SMILES string of the molecule is C=C1c2ccccc2CCc2cccc(CCCNC)c21. The Kier molecular flexibility index (Phi) is 4.21. The van der Waals surface area contributed by atoms with E-state index >= 15 is 0 Å². The van der Waals surface area contributed by atoms with E-state index in [9.17, 15) is 0 Å². The lowest BCUT2D eigenvalue weighted by molar-refractivity contribution is 0.723. The van der Waals surface area contributed by atoms with Gasteiger partial charge in [0.05, 0.1) is 0 Å². The molecule has 0 spiro atoms. The van der Waals surface area contributed by atoms with Gasteiger partial charge >= 0.3 is 0 Å². The van der Waals surface area contributed by atoms with Gasteiger partial charge in [0.15, 0.2) is 0 Å². The Morgan fingerprint density at radius 1 is 1.00 bits per heavy atom. The molecule has 0 atom stereocenters. The Morgan fingerprint density at radius 2 is 1.76 bits per heavy atom. The van der Waals surface area contributed by atoms with E-state index < -0.39 is 0 Å². The summed E-state index contributed by atoms with van der Waals surface area (Å²) in [5.41, 5.74) is 8.27. The molecular weight excluding hydrogens is 254 g/mol. The molecule has 1 nitrogen and oxygen atoms in total. The van der Waals surface area contributed by atoms with Crippen molar-refractivity contribution in [2.75, 3.05) is 13.6 Å². The number of benzene rings is 2. The molecule has 2 aromatic rings. The maximum atomic E-state index is 4.43. The van der Waals surface area contributed by atoms with E-state index in [2.05, 4.69) is 54.4 Å². The van der Waals surface area contributed by atoms with Gasteiger partial charge in [-0.25, -0.2) is 0 Å². The van der Waals surface area contributed by atoms with Crippen LogP contribution in [0.3, 0.4) is 0 Å². The molecule has 1 heteroatoms. The normalized spacial score (nSPS) is 13.5. The fourth-order valence-corrected chi connectivity index (χ4v) is 3.35. The molecule has 3 rings (SSSR count). The minimum Gasteiger partial charge on any atom is -0.320 e.